The number of nitrogens with one attached hydrogen (secondary N) is 1. The van der Waals surface area contributed by atoms with Gasteiger partial charge in [-0.2, -0.15) is 13.5 Å². The van der Waals surface area contributed by atoms with E-state index in [2.05, 4.69) is 33.1 Å². The second kappa shape index (κ2) is 9.66. The highest BCUT2D eigenvalue weighted by Gasteiger charge is 2.27. The van der Waals surface area contributed by atoms with Crippen LogP contribution < -0.4 is 9.61 Å². The van der Waals surface area contributed by atoms with Crippen molar-refractivity contribution in [1.29, 1.82) is 0 Å². The summed E-state index contributed by atoms with van der Waals surface area (Å²) >= 11 is 2.09. The third-order valence-corrected chi connectivity index (χ3v) is 5.83. The van der Waals surface area contributed by atoms with E-state index < -0.39 is 31.5 Å². The van der Waals surface area contributed by atoms with Crippen molar-refractivity contribution in [3.8, 4) is 5.75 Å². The molecule has 0 unspecified atom stereocenters. The number of halogens is 1. The van der Waals surface area contributed by atoms with Gasteiger partial charge in [-0.3, -0.25) is 14.9 Å². The number of nitro groups is 1. The summed E-state index contributed by atoms with van der Waals surface area (Å²) in [4.78, 5) is 21.9. The van der Waals surface area contributed by atoms with Gasteiger partial charge in [0.15, 0.2) is 4.90 Å². The zero-order valence-corrected chi connectivity index (χ0v) is 18.6. The summed E-state index contributed by atoms with van der Waals surface area (Å²) in [6.07, 6.45) is 1.32. The lowest BCUT2D eigenvalue weighted by Crippen LogP contribution is -2.17. The molecule has 1 amide bonds. The fourth-order valence-corrected chi connectivity index (χ4v) is 4.13. The van der Waals surface area contributed by atoms with Crippen LogP contribution in [0.2, 0.25) is 0 Å². The number of hydrogen-bond donors (Lipinski definition) is 1. The van der Waals surface area contributed by atoms with Crippen molar-refractivity contribution in [2.24, 2.45) is 5.10 Å². The Morgan fingerprint density at radius 3 is 2.55 bits per heavy atom. The van der Waals surface area contributed by atoms with Crippen molar-refractivity contribution < 1.29 is 22.3 Å². The van der Waals surface area contributed by atoms with Gasteiger partial charge in [0, 0.05) is 15.2 Å². The summed E-state index contributed by atoms with van der Waals surface area (Å²) in [5, 5.41) is 15.0. The lowest BCUT2D eigenvalue weighted by Gasteiger charge is -2.08. The van der Waals surface area contributed by atoms with Crippen molar-refractivity contribution in [1.82, 2.24) is 5.43 Å². The summed E-state index contributed by atoms with van der Waals surface area (Å²) in [5.74, 6) is -0.466. The first kappa shape index (κ1) is 22.4. The Morgan fingerprint density at radius 2 is 1.81 bits per heavy atom. The van der Waals surface area contributed by atoms with E-state index in [-0.39, 0.29) is 5.75 Å². The largest absolute Gasteiger partial charge is 0.379 e. The van der Waals surface area contributed by atoms with Crippen LogP contribution in [0.5, 0.6) is 5.75 Å². The topological polar surface area (TPSA) is 128 Å². The molecule has 0 aromatic heterocycles. The fourth-order valence-electron chi connectivity index (χ4n) is 2.50. The Bertz CT molecular complexity index is 1280. The van der Waals surface area contributed by atoms with Crippen LogP contribution in [0.25, 0.3) is 0 Å². The van der Waals surface area contributed by atoms with Gasteiger partial charge in [-0.1, -0.05) is 30.3 Å². The maximum absolute atomic E-state index is 12.5. The number of para-hydroxylation sites is 1. The Hall–Kier alpha value is -3.32. The first-order valence-corrected chi connectivity index (χ1v) is 11.1. The normalized spacial score (nSPS) is 11.3. The molecule has 0 saturated heterocycles. The van der Waals surface area contributed by atoms with Crippen LogP contribution in [0.15, 0.2) is 82.8 Å². The number of benzene rings is 3. The van der Waals surface area contributed by atoms with Gasteiger partial charge in [0.1, 0.15) is 5.75 Å². The molecule has 1 N–H and O–H groups in total. The van der Waals surface area contributed by atoms with E-state index in [9.17, 15) is 23.3 Å². The molecule has 0 atom stereocenters. The van der Waals surface area contributed by atoms with E-state index in [0.29, 0.717) is 11.1 Å². The molecule has 3 rings (SSSR count). The molecule has 0 bridgehead atoms. The van der Waals surface area contributed by atoms with Crippen LogP contribution in [0, 0.1) is 13.7 Å². The smallest absolute Gasteiger partial charge is 0.346 e. The van der Waals surface area contributed by atoms with Crippen LogP contribution in [-0.4, -0.2) is 25.5 Å². The minimum Gasteiger partial charge on any atom is -0.379 e. The molecule has 158 valence electrons. The maximum atomic E-state index is 12.5. The molecule has 11 heteroatoms. The van der Waals surface area contributed by atoms with Crippen molar-refractivity contribution in [2.45, 2.75) is 4.90 Å². The Kier molecular flexibility index (Phi) is 6.97. The first-order valence-electron chi connectivity index (χ1n) is 8.63. The highest BCUT2D eigenvalue weighted by atomic mass is 127. The average Bonchev–Trinajstić information content (AvgIpc) is 2.73. The van der Waals surface area contributed by atoms with Crippen LogP contribution in [0.1, 0.15) is 15.9 Å². The fraction of sp³-hybridized carbons (Fsp3) is 0. The standard InChI is InChI=1S/C20H14IN3O6S/c21-16-7-4-6-15(12-16)20(25)23-22-13-14-5-3-8-17(11-14)30-31(28,29)19-10-2-1-9-18(19)24(26)27/h1-13H,(H,23,25)/b22-13-. The van der Waals surface area contributed by atoms with E-state index >= 15 is 0 Å². The minimum absolute atomic E-state index is 0.0639. The van der Waals surface area contributed by atoms with Gasteiger partial charge >= 0.3 is 10.1 Å². The number of carbonyl (C=O) groups is 1. The molecule has 0 aliphatic heterocycles. The van der Waals surface area contributed by atoms with E-state index in [1.54, 1.807) is 24.3 Å². The lowest BCUT2D eigenvalue weighted by atomic mass is 10.2. The molecule has 9 nitrogen and oxygen atoms in total. The molecule has 3 aromatic rings. The number of rotatable bonds is 7. The second-order valence-corrected chi connectivity index (χ2v) is 8.80. The zero-order valence-electron chi connectivity index (χ0n) is 15.6. The van der Waals surface area contributed by atoms with Gasteiger partial charge in [-0.25, -0.2) is 5.43 Å². The van der Waals surface area contributed by atoms with Gasteiger partial charge in [0.25, 0.3) is 11.6 Å². The number of hydrogen-bond acceptors (Lipinski definition) is 7. The highest BCUT2D eigenvalue weighted by molar-refractivity contribution is 14.1. The summed E-state index contributed by atoms with van der Waals surface area (Å²) in [6.45, 7) is 0. The van der Waals surface area contributed by atoms with Crippen LogP contribution >= 0.6 is 22.6 Å². The quantitative estimate of drug-likeness (QED) is 0.157. The van der Waals surface area contributed by atoms with Gasteiger partial charge in [0.05, 0.1) is 11.1 Å². The number of amides is 1. The number of carbonyl (C=O) groups excluding carboxylic acids is 1. The summed E-state index contributed by atoms with van der Waals surface area (Å²) in [5.41, 5.74) is 2.68. The molecule has 0 saturated carbocycles. The van der Waals surface area contributed by atoms with E-state index in [4.69, 9.17) is 4.18 Å². The van der Waals surface area contributed by atoms with E-state index in [1.165, 1.54) is 36.5 Å². The Labute approximate surface area is 191 Å². The third-order valence-electron chi connectivity index (χ3n) is 3.86. The van der Waals surface area contributed by atoms with Crippen molar-refractivity contribution in [2.75, 3.05) is 0 Å². The van der Waals surface area contributed by atoms with Gasteiger partial charge in [0.2, 0.25) is 0 Å². The van der Waals surface area contributed by atoms with Gasteiger partial charge < -0.3 is 4.18 Å². The predicted molar refractivity (Wildman–Crippen MR) is 122 cm³/mol. The number of hydrazone groups is 1. The third kappa shape index (κ3) is 5.86. The van der Waals surface area contributed by atoms with E-state index in [0.717, 1.165) is 15.7 Å². The number of nitrogens with zero attached hydrogens (tertiary/aromatic N) is 2. The Balaban J connectivity index is 1.74. The number of nitro benzene ring substituents is 1. The highest BCUT2D eigenvalue weighted by Crippen LogP contribution is 2.26. The molecule has 3 aromatic carbocycles. The molecule has 0 spiro atoms. The van der Waals surface area contributed by atoms with Crippen molar-refractivity contribution in [3.05, 3.63) is 97.6 Å². The van der Waals surface area contributed by atoms with Crippen LogP contribution in [0.3, 0.4) is 0 Å². The monoisotopic (exact) mass is 551 g/mol. The minimum atomic E-state index is -4.44. The second-order valence-electron chi connectivity index (χ2n) is 6.04. The SMILES string of the molecule is O=C(N/N=C\c1cccc(OS(=O)(=O)c2ccccc2[N+](=O)[O-])c1)c1cccc(I)c1. The first-order chi connectivity index (χ1) is 14.8. The zero-order chi connectivity index (χ0) is 22.4. The molecule has 0 fully saturated rings. The van der Waals surface area contributed by atoms with Crippen molar-refractivity contribution >= 4 is 50.5 Å². The summed E-state index contributed by atoms with van der Waals surface area (Å²) in [6, 6.07) is 17.7. The van der Waals surface area contributed by atoms with Crippen molar-refractivity contribution in [3.63, 3.8) is 0 Å². The van der Waals surface area contributed by atoms with Crippen LogP contribution in [-0.2, 0) is 10.1 Å². The molecule has 0 heterocycles. The molecule has 0 radical (unpaired) electrons. The molecule has 0 aliphatic rings. The predicted octanol–water partition coefficient (Wildman–Crippen LogP) is 3.73. The summed E-state index contributed by atoms with van der Waals surface area (Å²) in [7, 11) is -4.44. The van der Waals surface area contributed by atoms with E-state index in [1.807, 2.05) is 6.07 Å². The van der Waals surface area contributed by atoms with Gasteiger partial charge in [-0.15, -0.1) is 0 Å². The molecule has 0 aliphatic carbocycles. The summed E-state index contributed by atoms with van der Waals surface area (Å²) < 4.78 is 31.0. The lowest BCUT2D eigenvalue weighted by molar-refractivity contribution is -0.387. The average molecular weight is 551 g/mol. The van der Waals surface area contributed by atoms with Crippen LogP contribution in [0.4, 0.5) is 5.69 Å². The Morgan fingerprint density at radius 1 is 1.06 bits per heavy atom. The molecule has 31 heavy (non-hydrogen) atoms. The molecular weight excluding hydrogens is 537 g/mol. The van der Waals surface area contributed by atoms with Gasteiger partial charge in [-0.05, 0) is 64.6 Å². The maximum Gasteiger partial charge on any atom is 0.346 e. The molecular formula is C20H14IN3O6S.